The standard InChI is InChI=1S/C24H35N3O2/c1-18(2)20-9-7-8-10-21(20)22-17-25(13-14-26(22)24(3,4)5)16-19-11-12-27(28)23(15-19)29-6/h7-12,15,18,22H,13-14,16-17H2,1-6H3. The van der Waals surface area contributed by atoms with Crippen molar-refractivity contribution in [3.05, 3.63) is 64.5 Å². The van der Waals surface area contributed by atoms with Crippen LogP contribution < -0.4 is 9.47 Å². The molecule has 0 radical (unpaired) electrons. The van der Waals surface area contributed by atoms with Crippen LogP contribution in [0.25, 0.3) is 0 Å². The highest BCUT2D eigenvalue weighted by molar-refractivity contribution is 5.33. The third kappa shape index (κ3) is 4.90. The second-order valence-corrected chi connectivity index (χ2v) is 9.30. The minimum Gasteiger partial charge on any atom is -0.616 e. The van der Waals surface area contributed by atoms with Crippen LogP contribution in [0.5, 0.6) is 5.88 Å². The highest BCUT2D eigenvalue weighted by Gasteiger charge is 2.36. The van der Waals surface area contributed by atoms with Crippen LogP contribution >= 0.6 is 0 Å². The van der Waals surface area contributed by atoms with Gasteiger partial charge in [-0.15, -0.1) is 4.73 Å². The molecule has 29 heavy (non-hydrogen) atoms. The summed E-state index contributed by atoms with van der Waals surface area (Å²) in [5.41, 5.74) is 4.08. The van der Waals surface area contributed by atoms with Crippen molar-refractivity contribution < 1.29 is 9.47 Å². The predicted octanol–water partition coefficient (Wildman–Crippen LogP) is 4.11. The van der Waals surface area contributed by atoms with Gasteiger partial charge in [0, 0.05) is 43.8 Å². The fourth-order valence-electron chi connectivity index (χ4n) is 4.40. The summed E-state index contributed by atoms with van der Waals surface area (Å²) in [4.78, 5) is 5.13. The Bertz CT molecular complexity index is 829. The second-order valence-electron chi connectivity index (χ2n) is 9.30. The summed E-state index contributed by atoms with van der Waals surface area (Å²) in [7, 11) is 1.54. The van der Waals surface area contributed by atoms with E-state index < -0.39 is 0 Å². The molecule has 2 aromatic rings. The molecule has 1 fully saturated rings. The molecule has 1 unspecified atom stereocenters. The number of hydrogen-bond acceptors (Lipinski definition) is 4. The van der Waals surface area contributed by atoms with E-state index in [1.807, 2.05) is 12.1 Å². The SMILES string of the molecule is COc1cc(CN2CCN(C(C)(C)C)C(c3ccccc3C(C)C)C2)cc[n+]1[O-]. The molecule has 0 N–H and O–H groups in total. The van der Waals surface area contributed by atoms with Crippen LogP contribution in [-0.4, -0.2) is 42.1 Å². The number of hydrogen-bond donors (Lipinski definition) is 0. The summed E-state index contributed by atoms with van der Waals surface area (Å²) in [5.74, 6) is 0.840. The van der Waals surface area contributed by atoms with E-state index in [-0.39, 0.29) is 5.54 Å². The Kier molecular flexibility index (Phi) is 6.49. The van der Waals surface area contributed by atoms with Gasteiger partial charge in [-0.1, -0.05) is 38.1 Å². The first-order chi connectivity index (χ1) is 13.7. The van der Waals surface area contributed by atoms with Crippen LogP contribution in [0.2, 0.25) is 0 Å². The fourth-order valence-corrected chi connectivity index (χ4v) is 4.40. The van der Waals surface area contributed by atoms with Gasteiger partial charge < -0.3 is 9.94 Å². The Hall–Kier alpha value is -2.11. The van der Waals surface area contributed by atoms with Crippen molar-refractivity contribution in [2.75, 3.05) is 26.7 Å². The quantitative estimate of drug-likeness (QED) is 0.562. The minimum atomic E-state index is 0.102. The van der Waals surface area contributed by atoms with Crippen LogP contribution in [0.4, 0.5) is 0 Å². The zero-order valence-electron chi connectivity index (χ0n) is 18.7. The maximum Gasteiger partial charge on any atom is 0.379 e. The molecule has 0 amide bonds. The van der Waals surface area contributed by atoms with E-state index in [0.717, 1.165) is 36.5 Å². The predicted molar refractivity (Wildman–Crippen MR) is 117 cm³/mol. The second kappa shape index (κ2) is 8.72. The molecule has 0 bridgehead atoms. The van der Waals surface area contributed by atoms with E-state index in [1.165, 1.54) is 24.4 Å². The molecule has 0 saturated carbocycles. The van der Waals surface area contributed by atoms with Crippen LogP contribution in [0, 0.1) is 5.21 Å². The maximum atomic E-state index is 11.8. The summed E-state index contributed by atoms with van der Waals surface area (Å²) in [6.45, 7) is 15.3. The molecule has 1 saturated heterocycles. The fraction of sp³-hybridized carbons (Fsp3) is 0.542. The molecule has 3 rings (SSSR count). The third-order valence-corrected chi connectivity index (χ3v) is 5.87. The van der Waals surface area contributed by atoms with E-state index >= 15 is 0 Å². The van der Waals surface area contributed by atoms with Crippen LogP contribution in [-0.2, 0) is 6.54 Å². The van der Waals surface area contributed by atoms with Gasteiger partial charge >= 0.3 is 5.88 Å². The summed E-state index contributed by atoms with van der Waals surface area (Å²) < 4.78 is 5.96. The van der Waals surface area contributed by atoms with E-state index in [0.29, 0.717) is 17.8 Å². The average molecular weight is 398 g/mol. The van der Waals surface area contributed by atoms with Gasteiger partial charge in [-0.05, 0) is 43.4 Å². The largest absolute Gasteiger partial charge is 0.616 e. The smallest absolute Gasteiger partial charge is 0.379 e. The minimum absolute atomic E-state index is 0.102. The molecule has 1 aromatic carbocycles. The first kappa shape index (κ1) is 21.6. The number of piperazine rings is 1. The Labute approximate surface area is 175 Å². The van der Waals surface area contributed by atoms with Crippen LogP contribution in [0.15, 0.2) is 42.6 Å². The highest BCUT2D eigenvalue weighted by Crippen LogP contribution is 2.36. The summed E-state index contributed by atoms with van der Waals surface area (Å²) in [5, 5.41) is 11.8. The van der Waals surface area contributed by atoms with Crippen molar-refractivity contribution in [3.8, 4) is 5.88 Å². The highest BCUT2D eigenvalue weighted by atomic mass is 16.5. The number of nitrogens with zero attached hydrogens (tertiary/aromatic N) is 3. The van der Waals surface area contributed by atoms with Gasteiger partial charge in [0.15, 0.2) is 6.20 Å². The van der Waals surface area contributed by atoms with Gasteiger partial charge in [0.2, 0.25) is 0 Å². The molecule has 158 valence electrons. The van der Waals surface area contributed by atoms with Gasteiger partial charge in [0.25, 0.3) is 0 Å². The van der Waals surface area contributed by atoms with Crippen molar-refractivity contribution in [3.63, 3.8) is 0 Å². The lowest BCUT2D eigenvalue weighted by Gasteiger charge is -2.49. The normalized spacial score (nSPS) is 18.9. The first-order valence-corrected chi connectivity index (χ1v) is 10.5. The van der Waals surface area contributed by atoms with Gasteiger partial charge in [-0.3, -0.25) is 9.80 Å². The summed E-state index contributed by atoms with van der Waals surface area (Å²) >= 11 is 0. The topological polar surface area (TPSA) is 42.6 Å². The molecule has 1 aliphatic heterocycles. The summed E-state index contributed by atoms with van der Waals surface area (Å²) in [6.07, 6.45) is 1.53. The molecular weight excluding hydrogens is 362 g/mol. The number of methoxy groups -OCH3 is 1. The summed E-state index contributed by atoms with van der Waals surface area (Å²) in [6, 6.07) is 13.0. The molecule has 2 heterocycles. The van der Waals surface area contributed by atoms with E-state index in [4.69, 9.17) is 4.74 Å². The van der Waals surface area contributed by atoms with Crippen LogP contribution in [0.1, 0.15) is 63.3 Å². The van der Waals surface area contributed by atoms with Gasteiger partial charge in [0.1, 0.15) is 0 Å². The Morgan fingerprint density at radius 1 is 1.17 bits per heavy atom. The maximum absolute atomic E-state index is 11.8. The van der Waals surface area contributed by atoms with Crippen molar-refractivity contribution >= 4 is 0 Å². The third-order valence-electron chi connectivity index (χ3n) is 5.87. The van der Waals surface area contributed by atoms with Crippen molar-refractivity contribution in [2.24, 2.45) is 0 Å². The lowest BCUT2D eigenvalue weighted by molar-refractivity contribution is -0.612. The van der Waals surface area contributed by atoms with E-state index in [2.05, 4.69) is 68.7 Å². The molecule has 0 spiro atoms. The Morgan fingerprint density at radius 3 is 2.55 bits per heavy atom. The molecule has 5 heteroatoms. The number of benzene rings is 1. The van der Waals surface area contributed by atoms with Gasteiger partial charge in [-0.25, -0.2) is 0 Å². The lowest BCUT2D eigenvalue weighted by atomic mass is 9.88. The Morgan fingerprint density at radius 2 is 1.90 bits per heavy atom. The molecule has 1 aliphatic rings. The lowest BCUT2D eigenvalue weighted by Crippen LogP contribution is -2.55. The number of rotatable bonds is 5. The van der Waals surface area contributed by atoms with Crippen molar-refractivity contribution in [1.82, 2.24) is 9.80 Å². The molecule has 5 nitrogen and oxygen atoms in total. The number of ether oxygens (including phenoxy) is 1. The zero-order valence-corrected chi connectivity index (χ0v) is 18.7. The number of aromatic nitrogens is 1. The monoisotopic (exact) mass is 397 g/mol. The van der Waals surface area contributed by atoms with E-state index in [9.17, 15) is 5.21 Å². The Balaban J connectivity index is 1.88. The van der Waals surface area contributed by atoms with Gasteiger partial charge in [-0.2, -0.15) is 0 Å². The molecule has 1 aromatic heterocycles. The molecule has 1 atom stereocenters. The van der Waals surface area contributed by atoms with Crippen molar-refractivity contribution in [1.29, 1.82) is 0 Å². The molecular formula is C24H35N3O2. The van der Waals surface area contributed by atoms with Crippen LogP contribution in [0.3, 0.4) is 0 Å². The van der Waals surface area contributed by atoms with Gasteiger partial charge in [0.05, 0.1) is 13.2 Å². The van der Waals surface area contributed by atoms with Crippen molar-refractivity contribution in [2.45, 2.75) is 58.7 Å². The van der Waals surface area contributed by atoms with E-state index in [1.54, 1.807) is 0 Å². The molecule has 0 aliphatic carbocycles. The zero-order chi connectivity index (χ0) is 21.2. The number of pyridine rings is 1. The first-order valence-electron chi connectivity index (χ1n) is 10.5. The average Bonchev–Trinajstić information content (AvgIpc) is 2.68.